The Morgan fingerprint density at radius 3 is 2.62 bits per heavy atom. The lowest BCUT2D eigenvalue weighted by Gasteiger charge is -1.94. The Morgan fingerprint density at radius 1 is 1.50 bits per heavy atom. The van der Waals surface area contributed by atoms with Crippen molar-refractivity contribution in [3.05, 3.63) is 22.7 Å². The Morgan fingerprint density at radius 2 is 2.12 bits per heavy atom. The van der Waals surface area contributed by atoms with E-state index in [4.69, 9.17) is 22.0 Å². The molecule has 1 aromatic rings. The van der Waals surface area contributed by atoms with E-state index in [1.54, 1.807) is 0 Å². The molecule has 0 saturated carbocycles. The number of carbonyl (C=O) groups is 1. The molecule has 0 aliphatic heterocycles. The second-order valence-electron chi connectivity index (χ2n) is 2.41. The first kappa shape index (κ1) is 14.5. The van der Waals surface area contributed by atoms with Crippen molar-refractivity contribution >= 4 is 41.0 Å². The lowest BCUT2D eigenvalue weighted by Crippen LogP contribution is -2.21. The minimum Gasteiger partial charge on any atom is -0.394 e. The maximum Gasteiger partial charge on any atom is 0.212 e. The van der Waals surface area contributed by atoms with Crippen molar-refractivity contribution in [3.8, 4) is 0 Å². The van der Waals surface area contributed by atoms with E-state index in [1.165, 1.54) is 23.1 Å². The van der Waals surface area contributed by atoms with Gasteiger partial charge in [0.2, 0.25) is 5.13 Å². The summed E-state index contributed by atoms with van der Waals surface area (Å²) in [6.45, 7) is 5.57. The summed E-state index contributed by atoms with van der Waals surface area (Å²) < 4.78 is 0. The predicted octanol–water partition coefficient (Wildman–Crippen LogP) is 0.526. The van der Waals surface area contributed by atoms with E-state index < -0.39 is 0 Å². The highest BCUT2D eigenvalue weighted by Gasteiger charge is 2.01. The van der Waals surface area contributed by atoms with Gasteiger partial charge in [-0.1, -0.05) is 6.58 Å². The number of aliphatic imine (C=N–C) groups is 1. The van der Waals surface area contributed by atoms with Gasteiger partial charge in [-0.3, -0.25) is 0 Å². The molecule has 0 aliphatic rings. The van der Waals surface area contributed by atoms with Crippen LogP contribution >= 0.6 is 23.1 Å². The molecular weight excluding hydrogens is 246 g/mol. The van der Waals surface area contributed by atoms with Gasteiger partial charge in [0.1, 0.15) is 6.79 Å². The number of thioether (sulfide) groups is 1. The molecule has 0 amide bonds. The quantitative estimate of drug-likeness (QED) is 0.535. The Kier molecular flexibility index (Phi) is 6.97. The third-order valence-electron chi connectivity index (χ3n) is 1.17. The first-order chi connectivity index (χ1) is 7.58. The van der Waals surface area contributed by atoms with Crippen LogP contribution in [0.25, 0.3) is 0 Å². The number of carbonyl (C=O) groups excluding carboxylic acids is 1. The number of nitrogens with two attached hydrogens (primary N) is 3. The summed E-state index contributed by atoms with van der Waals surface area (Å²) in [7, 11) is 0. The predicted molar refractivity (Wildman–Crippen MR) is 69.3 cm³/mol. The van der Waals surface area contributed by atoms with Crippen LogP contribution in [0.5, 0.6) is 0 Å². The van der Waals surface area contributed by atoms with Crippen molar-refractivity contribution in [1.82, 2.24) is 4.98 Å². The number of hydrogen-bond donors (Lipinski definition) is 3. The smallest absolute Gasteiger partial charge is 0.212 e. The molecule has 6 N–H and O–H groups in total. The molecule has 1 heterocycles. The zero-order valence-corrected chi connectivity index (χ0v) is 10.2. The van der Waals surface area contributed by atoms with Gasteiger partial charge < -0.3 is 22.0 Å². The largest absolute Gasteiger partial charge is 0.394 e. The number of hydrogen-bond acceptors (Lipinski definition) is 6. The first-order valence-corrected chi connectivity index (χ1v) is 5.84. The summed E-state index contributed by atoms with van der Waals surface area (Å²) in [6.07, 6.45) is 0. The van der Waals surface area contributed by atoms with Crippen molar-refractivity contribution < 1.29 is 4.79 Å². The maximum atomic E-state index is 8.00. The molecule has 0 radical (unpaired) electrons. The van der Waals surface area contributed by atoms with Crippen LogP contribution in [0.4, 0.5) is 5.13 Å². The molecular formula is C8H13N5OS2. The van der Waals surface area contributed by atoms with Crippen molar-refractivity contribution in [2.75, 3.05) is 0 Å². The highest BCUT2D eigenvalue weighted by atomic mass is 32.2. The third-order valence-corrected chi connectivity index (χ3v) is 2.76. The topological polar surface area (TPSA) is 120 Å². The minimum atomic E-state index is 0.0155. The van der Waals surface area contributed by atoms with Crippen LogP contribution < -0.4 is 17.2 Å². The van der Waals surface area contributed by atoms with E-state index in [0.717, 1.165) is 5.69 Å². The second-order valence-corrected chi connectivity index (χ2v) is 4.35. The van der Waals surface area contributed by atoms with Crippen LogP contribution in [0.1, 0.15) is 5.69 Å². The van der Waals surface area contributed by atoms with Gasteiger partial charge in [-0.2, -0.15) is 4.99 Å². The van der Waals surface area contributed by atoms with Crippen LogP contribution in [0.2, 0.25) is 0 Å². The molecule has 1 rings (SSSR count). The van der Waals surface area contributed by atoms with Gasteiger partial charge in [-0.05, 0) is 0 Å². The van der Waals surface area contributed by atoms with Gasteiger partial charge in [0.25, 0.3) is 0 Å². The molecule has 6 nitrogen and oxygen atoms in total. The Hall–Kier alpha value is -1.54. The SMILES string of the molecule is C=C(N)SCc1csc(N=C(N)N)n1.C=O. The maximum absolute atomic E-state index is 8.00. The number of rotatable bonds is 4. The minimum absolute atomic E-state index is 0.0155. The van der Waals surface area contributed by atoms with Gasteiger partial charge in [0, 0.05) is 11.1 Å². The summed E-state index contributed by atoms with van der Waals surface area (Å²) in [4.78, 5) is 16.0. The van der Waals surface area contributed by atoms with Crippen LogP contribution in [-0.2, 0) is 10.5 Å². The molecule has 0 spiro atoms. The highest BCUT2D eigenvalue weighted by molar-refractivity contribution is 8.02. The Bertz CT molecular complexity index is 372. The van der Waals surface area contributed by atoms with E-state index >= 15 is 0 Å². The van der Waals surface area contributed by atoms with Gasteiger partial charge in [0.05, 0.1) is 10.7 Å². The highest BCUT2D eigenvalue weighted by Crippen LogP contribution is 2.22. The Labute approximate surface area is 102 Å². The molecule has 0 aromatic carbocycles. The number of thiazole rings is 1. The zero-order valence-electron chi connectivity index (χ0n) is 8.55. The fourth-order valence-electron chi connectivity index (χ4n) is 0.691. The van der Waals surface area contributed by atoms with E-state index in [0.29, 0.717) is 15.9 Å². The lowest BCUT2D eigenvalue weighted by molar-refractivity contribution is -0.0979. The van der Waals surface area contributed by atoms with Crippen molar-refractivity contribution in [2.45, 2.75) is 5.75 Å². The van der Waals surface area contributed by atoms with E-state index in [-0.39, 0.29) is 5.96 Å². The molecule has 0 atom stereocenters. The van der Waals surface area contributed by atoms with E-state index in [2.05, 4.69) is 16.6 Å². The molecule has 0 aliphatic carbocycles. The molecule has 8 heteroatoms. The van der Waals surface area contributed by atoms with Gasteiger partial charge in [-0.25, -0.2) is 4.98 Å². The van der Waals surface area contributed by atoms with Crippen LogP contribution in [0.15, 0.2) is 22.0 Å². The second kappa shape index (κ2) is 7.71. The number of guanidine groups is 1. The van der Waals surface area contributed by atoms with Crippen molar-refractivity contribution in [2.24, 2.45) is 22.2 Å². The number of nitrogens with zero attached hydrogens (tertiary/aromatic N) is 2. The van der Waals surface area contributed by atoms with Crippen LogP contribution in [-0.4, -0.2) is 17.7 Å². The van der Waals surface area contributed by atoms with Crippen LogP contribution in [0, 0.1) is 0 Å². The molecule has 88 valence electrons. The summed E-state index contributed by atoms with van der Waals surface area (Å²) in [5.74, 6) is 0.702. The summed E-state index contributed by atoms with van der Waals surface area (Å²) in [6, 6.07) is 0. The molecule has 16 heavy (non-hydrogen) atoms. The summed E-state index contributed by atoms with van der Waals surface area (Å²) in [5.41, 5.74) is 16.7. The summed E-state index contributed by atoms with van der Waals surface area (Å²) in [5, 5.41) is 3.02. The fourth-order valence-corrected chi connectivity index (χ4v) is 1.98. The van der Waals surface area contributed by atoms with E-state index in [9.17, 15) is 0 Å². The third kappa shape index (κ3) is 6.04. The summed E-state index contributed by atoms with van der Waals surface area (Å²) >= 11 is 2.82. The fraction of sp³-hybridized carbons (Fsp3) is 0.125. The molecule has 1 aromatic heterocycles. The molecule has 0 fully saturated rings. The van der Waals surface area contributed by atoms with Gasteiger partial charge >= 0.3 is 0 Å². The molecule has 0 unspecified atom stereocenters. The monoisotopic (exact) mass is 259 g/mol. The van der Waals surface area contributed by atoms with E-state index in [1.807, 2.05) is 12.2 Å². The first-order valence-electron chi connectivity index (χ1n) is 3.98. The average Bonchev–Trinajstić information content (AvgIpc) is 2.65. The Balaban J connectivity index is 0.00000106. The molecule has 0 bridgehead atoms. The average molecular weight is 259 g/mol. The van der Waals surface area contributed by atoms with Crippen molar-refractivity contribution in [3.63, 3.8) is 0 Å². The zero-order chi connectivity index (χ0) is 12.6. The standard InChI is InChI=1S/C7H11N5S2.CH2O/c1-4(8)13-2-5-3-14-7(11-5)12-6(9)10;1-2/h3H,1-2,8H2,(H4,9,10,11,12);1H2. The van der Waals surface area contributed by atoms with Gasteiger partial charge in [-0.15, -0.1) is 23.1 Å². The van der Waals surface area contributed by atoms with Crippen LogP contribution in [0.3, 0.4) is 0 Å². The lowest BCUT2D eigenvalue weighted by atomic mass is 10.6. The molecule has 0 saturated heterocycles. The van der Waals surface area contributed by atoms with Crippen molar-refractivity contribution in [1.29, 1.82) is 0 Å². The van der Waals surface area contributed by atoms with Gasteiger partial charge in [0.15, 0.2) is 5.96 Å². The number of aromatic nitrogens is 1. The normalized spacial score (nSPS) is 8.75.